The number of pyridine rings is 1. The highest BCUT2D eigenvalue weighted by molar-refractivity contribution is 6.37. The highest BCUT2D eigenvalue weighted by Crippen LogP contribution is 2.35. The Morgan fingerprint density at radius 2 is 1.94 bits per heavy atom. The molecule has 0 saturated heterocycles. The molecule has 0 bridgehead atoms. The highest BCUT2D eigenvalue weighted by atomic mass is 35.5. The summed E-state index contributed by atoms with van der Waals surface area (Å²) in [5.41, 5.74) is 1.84. The number of carbonyl (C=O) groups is 1. The number of para-hydroxylation sites is 1. The van der Waals surface area contributed by atoms with Crippen LogP contribution < -0.4 is 16.2 Å². The average molecular weight is 451 g/mol. The molecule has 1 aliphatic carbocycles. The minimum atomic E-state index is -0.243. The standard InChI is InChI=1S/C24H23ClN4O3/c1-14-20-22(28-32-14)21-18(25)11-6-12-19(21)29(23(20)30)17-10-5-9-16(13-17)27-24(31)26-15-7-3-2-4-8-15/h2-4,6-8,11-12,16-17H,5,9-10,13H2,1H3,(H2,26,27,31)/t16-,17+/m0/s1. The molecule has 7 nitrogen and oxygen atoms in total. The van der Waals surface area contributed by atoms with E-state index in [1.54, 1.807) is 13.0 Å². The Balaban J connectivity index is 1.48. The lowest BCUT2D eigenvalue weighted by Gasteiger charge is -2.32. The van der Waals surface area contributed by atoms with Gasteiger partial charge in [0.15, 0.2) is 0 Å². The number of aryl methyl sites for hydroxylation is 1. The number of fused-ring (bicyclic) bond motifs is 3. The normalized spacial score (nSPS) is 18.7. The van der Waals surface area contributed by atoms with Crippen molar-refractivity contribution in [2.24, 2.45) is 0 Å². The van der Waals surface area contributed by atoms with Crippen molar-refractivity contribution in [3.8, 4) is 0 Å². The van der Waals surface area contributed by atoms with Gasteiger partial charge in [-0.3, -0.25) is 4.79 Å². The van der Waals surface area contributed by atoms with Gasteiger partial charge in [-0.1, -0.05) is 41.0 Å². The van der Waals surface area contributed by atoms with E-state index in [2.05, 4.69) is 15.8 Å². The smallest absolute Gasteiger partial charge is 0.319 e. The summed E-state index contributed by atoms with van der Waals surface area (Å²) in [4.78, 5) is 26.0. The molecule has 2 atom stereocenters. The molecule has 1 fully saturated rings. The second-order valence-corrected chi connectivity index (χ2v) is 8.66. The summed E-state index contributed by atoms with van der Waals surface area (Å²) in [6, 6.07) is 14.5. The first-order valence-electron chi connectivity index (χ1n) is 10.7. The van der Waals surface area contributed by atoms with E-state index in [9.17, 15) is 9.59 Å². The lowest BCUT2D eigenvalue weighted by atomic mass is 9.90. The molecule has 2 aromatic heterocycles. The molecule has 32 heavy (non-hydrogen) atoms. The van der Waals surface area contributed by atoms with Crippen LogP contribution in [0.1, 0.15) is 37.5 Å². The van der Waals surface area contributed by atoms with Gasteiger partial charge in [0.2, 0.25) is 0 Å². The van der Waals surface area contributed by atoms with Crippen LogP contribution in [0.4, 0.5) is 10.5 Å². The third kappa shape index (κ3) is 3.62. The van der Waals surface area contributed by atoms with E-state index < -0.39 is 0 Å². The van der Waals surface area contributed by atoms with Crippen LogP contribution >= 0.6 is 11.6 Å². The molecule has 0 aliphatic heterocycles. The summed E-state index contributed by atoms with van der Waals surface area (Å²) in [5.74, 6) is 0.480. The van der Waals surface area contributed by atoms with Crippen molar-refractivity contribution in [2.45, 2.75) is 44.7 Å². The summed E-state index contributed by atoms with van der Waals surface area (Å²) in [7, 11) is 0. The Bertz CT molecular complexity index is 1360. The number of urea groups is 1. The van der Waals surface area contributed by atoms with Crippen LogP contribution in [0.3, 0.4) is 0 Å². The van der Waals surface area contributed by atoms with Gasteiger partial charge in [-0.2, -0.15) is 0 Å². The SMILES string of the molecule is Cc1onc2c1c(=O)n([C@@H]1CCC[C@H](NC(=O)Nc3ccccc3)C1)c1cccc(Cl)c21. The summed E-state index contributed by atoms with van der Waals surface area (Å²) in [5, 5.41) is 11.8. The number of hydrogen-bond acceptors (Lipinski definition) is 4. The second kappa shape index (κ2) is 8.31. The molecular formula is C24H23ClN4O3. The quantitative estimate of drug-likeness (QED) is 0.436. The maximum atomic E-state index is 13.5. The van der Waals surface area contributed by atoms with Gasteiger partial charge < -0.3 is 19.7 Å². The first kappa shape index (κ1) is 20.6. The lowest BCUT2D eigenvalue weighted by Crippen LogP contribution is -2.42. The topological polar surface area (TPSA) is 89.2 Å². The number of nitrogens with one attached hydrogen (secondary N) is 2. The number of benzene rings is 2. The van der Waals surface area contributed by atoms with Crippen molar-refractivity contribution < 1.29 is 9.32 Å². The van der Waals surface area contributed by atoms with E-state index >= 15 is 0 Å². The zero-order valence-corrected chi connectivity index (χ0v) is 18.4. The molecule has 2 aromatic carbocycles. The predicted octanol–water partition coefficient (Wildman–Crippen LogP) is 5.41. The summed E-state index contributed by atoms with van der Waals surface area (Å²) in [6.07, 6.45) is 3.26. The van der Waals surface area contributed by atoms with Crippen LogP contribution in [-0.4, -0.2) is 21.8 Å². The molecule has 164 valence electrons. The summed E-state index contributed by atoms with van der Waals surface area (Å²) in [6.45, 7) is 1.74. The number of carbonyl (C=O) groups excluding carboxylic acids is 1. The van der Waals surface area contributed by atoms with Crippen molar-refractivity contribution >= 4 is 45.1 Å². The number of nitrogens with zero attached hydrogens (tertiary/aromatic N) is 2. The third-order valence-electron chi connectivity index (χ3n) is 6.16. The first-order valence-corrected chi connectivity index (χ1v) is 11.1. The predicted molar refractivity (Wildman–Crippen MR) is 125 cm³/mol. The van der Waals surface area contributed by atoms with Gasteiger partial charge in [0.25, 0.3) is 5.56 Å². The van der Waals surface area contributed by atoms with Crippen molar-refractivity contribution in [2.75, 3.05) is 5.32 Å². The molecule has 5 rings (SSSR count). The molecular weight excluding hydrogens is 428 g/mol. The van der Waals surface area contributed by atoms with Gasteiger partial charge in [-0.25, -0.2) is 4.79 Å². The maximum Gasteiger partial charge on any atom is 0.319 e. The number of aromatic nitrogens is 2. The highest BCUT2D eigenvalue weighted by Gasteiger charge is 2.28. The van der Waals surface area contributed by atoms with E-state index in [0.29, 0.717) is 28.1 Å². The Kier molecular flexibility index (Phi) is 5.35. The van der Waals surface area contributed by atoms with Crippen LogP contribution in [-0.2, 0) is 0 Å². The van der Waals surface area contributed by atoms with Gasteiger partial charge in [-0.05, 0) is 56.9 Å². The van der Waals surface area contributed by atoms with Crippen LogP contribution in [0.5, 0.6) is 0 Å². The van der Waals surface area contributed by atoms with Gasteiger partial charge in [0.1, 0.15) is 16.7 Å². The van der Waals surface area contributed by atoms with Gasteiger partial charge in [0.05, 0.1) is 10.5 Å². The number of halogens is 1. The van der Waals surface area contributed by atoms with Crippen LogP contribution in [0.25, 0.3) is 21.8 Å². The molecule has 2 N–H and O–H groups in total. The van der Waals surface area contributed by atoms with Gasteiger partial charge in [-0.15, -0.1) is 0 Å². The van der Waals surface area contributed by atoms with Crippen LogP contribution in [0.15, 0.2) is 57.8 Å². The Morgan fingerprint density at radius 3 is 2.75 bits per heavy atom. The number of hydrogen-bond donors (Lipinski definition) is 2. The molecule has 1 saturated carbocycles. The van der Waals surface area contributed by atoms with E-state index in [1.165, 1.54) is 0 Å². The fourth-order valence-corrected chi connectivity index (χ4v) is 5.00. The zero-order chi connectivity index (χ0) is 22.2. The molecule has 0 spiro atoms. The molecule has 0 unspecified atom stereocenters. The molecule has 8 heteroatoms. The molecule has 2 heterocycles. The fourth-order valence-electron chi connectivity index (χ4n) is 4.74. The van der Waals surface area contributed by atoms with Gasteiger partial charge in [0, 0.05) is 23.2 Å². The van der Waals surface area contributed by atoms with E-state index in [0.717, 1.165) is 35.9 Å². The average Bonchev–Trinajstić information content (AvgIpc) is 3.16. The largest absolute Gasteiger partial charge is 0.360 e. The minimum Gasteiger partial charge on any atom is -0.360 e. The lowest BCUT2D eigenvalue weighted by molar-refractivity contribution is 0.236. The first-order chi connectivity index (χ1) is 15.5. The maximum absolute atomic E-state index is 13.5. The van der Waals surface area contributed by atoms with Crippen molar-refractivity contribution in [3.05, 3.63) is 69.7 Å². The summed E-state index contributed by atoms with van der Waals surface area (Å²) < 4.78 is 7.16. The fraction of sp³-hybridized carbons (Fsp3) is 0.292. The number of anilines is 1. The van der Waals surface area contributed by atoms with Crippen LogP contribution in [0, 0.1) is 6.92 Å². The molecule has 2 amide bonds. The number of rotatable bonds is 3. The third-order valence-corrected chi connectivity index (χ3v) is 6.48. The van der Waals surface area contributed by atoms with E-state index in [4.69, 9.17) is 16.1 Å². The minimum absolute atomic E-state index is 0.0436. The van der Waals surface area contributed by atoms with Crippen LogP contribution in [0.2, 0.25) is 5.02 Å². The van der Waals surface area contributed by atoms with E-state index in [-0.39, 0.29) is 23.7 Å². The Hall–Kier alpha value is -3.32. The van der Waals surface area contributed by atoms with Gasteiger partial charge >= 0.3 is 6.03 Å². The molecule has 0 radical (unpaired) electrons. The zero-order valence-electron chi connectivity index (χ0n) is 17.6. The molecule has 1 aliphatic rings. The van der Waals surface area contributed by atoms with Crippen molar-refractivity contribution in [3.63, 3.8) is 0 Å². The van der Waals surface area contributed by atoms with Crippen molar-refractivity contribution in [1.29, 1.82) is 0 Å². The monoisotopic (exact) mass is 450 g/mol. The Labute approximate surface area is 189 Å². The van der Waals surface area contributed by atoms with Crippen molar-refractivity contribution in [1.82, 2.24) is 15.0 Å². The van der Waals surface area contributed by atoms with E-state index in [1.807, 2.05) is 47.0 Å². The summed E-state index contributed by atoms with van der Waals surface area (Å²) >= 11 is 6.52. The Morgan fingerprint density at radius 1 is 1.12 bits per heavy atom. The second-order valence-electron chi connectivity index (χ2n) is 8.25. The molecule has 4 aromatic rings. The number of amides is 2.